The molecule has 0 aliphatic heterocycles. The fourth-order valence-electron chi connectivity index (χ4n) is 1.46. The van der Waals surface area contributed by atoms with Crippen molar-refractivity contribution >= 4 is 11.9 Å². The number of carbonyl (C=O) groups excluding carboxylic acids is 2. The Labute approximate surface area is 101 Å². The topological polar surface area (TPSA) is 52.6 Å². The maximum Gasteiger partial charge on any atom is 0.330 e. The molecule has 2 atom stereocenters. The molecule has 0 amide bonds. The summed E-state index contributed by atoms with van der Waals surface area (Å²) < 4.78 is 9.54. The zero-order chi connectivity index (χ0) is 12.7. The van der Waals surface area contributed by atoms with Crippen LogP contribution in [0.2, 0.25) is 0 Å². The third-order valence-electron chi connectivity index (χ3n) is 2.42. The largest absolute Gasteiger partial charge is 0.463 e. The molecule has 0 aromatic heterocycles. The predicted octanol–water partition coefficient (Wildman–Crippen LogP) is 1.86. The van der Waals surface area contributed by atoms with Crippen LogP contribution in [-0.4, -0.2) is 25.2 Å². The van der Waals surface area contributed by atoms with Crippen LogP contribution in [0.3, 0.4) is 0 Å². The van der Waals surface area contributed by atoms with Crippen LogP contribution in [0, 0.1) is 11.8 Å². The van der Waals surface area contributed by atoms with Crippen molar-refractivity contribution in [1.29, 1.82) is 0 Å². The minimum absolute atomic E-state index is 0.312. The molecule has 4 heteroatoms. The minimum Gasteiger partial charge on any atom is -0.463 e. The number of carbonyl (C=O) groups is 2. The number of hydrogen-bond acceptors (Lipinski definition) is 4. The molecule has 0 spiro atoms. The summed E-state index contributed by atoms with van der Waals surface area (Å²) in [6.07, 6.45) is 7.53. The second-order valence-electron chi connectivity index (χ2n) is 3.79. The molecule has 0 aromatic rings. The molecule has 0 saturated heterocycles. The van der Waals surface area contributed by atoms with Gasteiger partial charge in [0.1, 0.15) is 0 Å². The first kappa shape index (κ1) is 13.5. The first-order valence-corrected chi connectivity index (χ1v) is 5.87. The Balaban J connectivity index is 2.25. The Hall–Kier alpha value is -1.58. The summed E-state index contributed by atoms with van der Waals surface area (Å²) in [6, 6.07) is 0. The Kier molecular flexibility index (Phi) is 5.46. The van der Waals surface area contributed by atoms with Crippen LogP contribution in [-0.2, 0) is 19.1 Å². The normalized spacial score (nSPS) is 22.9. The maximum atomic E-state index is 11.0. The van der Waals surface area contributed by atoms with Crippen molar-refractivity contribution in [1.82, 2.24) is 0 Å². The molecule has 0 aromatic carbocycles. The van der Waals surface area contributed by atoms with Gasteiger partial charge in [0.05, 0.1) is 13.2 Å². The summed E-state index contributed by atoms with van der Waals surface area (Å²) >= 11 is 0. The van der Waals surface area contributed by atoms with Crippen molar-refractivity contribution in [3.05, 3.63) is 24.3 Å². The molecule has 4 nitrogen and oxygen atoms in total. The fourth-order valence-corrected chi connectivity index (χ4v) is 1.46. The van der Waals surface area contributed by atoms with Crippen LogP contribution >= 0.6 is 0 Å². The lowest BCUT2D eigenvalue weighted by molar-refractivity contribution is -0.138. The summed E-state index contributed by atoms with van der Waals surface area (Å²) in [7, 11) is 0. The van der Waals surface area contributed by atoms with Gasteiger partial charge in [-0.3, -0.25) is 0 Å². The van der Waals surface area contributed by atoms with Gasteiger partial charge in [-0.1, -0.05) is 12.2 Å². The lowest BCUT2D eigenvalue weighted by Gasteiger charge is -1.94. The first-order valence-electron chi connectivity index (χ1n) is 5.87. The number of rotatable bonds is 6. The molecule has 0 bridgehead atoms. The summed E-state index contributed by atoms with van der Waals surface area (Å²) in [5.74, 6) is 0.0511. The van der Waals surface area contributed by atoms with E-state index in [-0.39, 0.29) is 11.9 Å². The van der Waals surface area contributed by atoms with Crippen molar-refractivity contribution in [3.63, 3.8) is 0 Å². The maximum absolute atomic E-state index is 11.0. The standard InChI is InChI=1S/C13H18O4/c1-3-16-12(14)7-5-10-9-11(10)6-8-13(15)17-4-2/h5-8,10-11H,3-4,9H2,1-2H3. The van der Waals surface area contributed by atoms with E-state index in [1.807, 2.05) is 12.2 Å². The molecule has 0 heterocycles. The molecule has 1 rings (SSSR count). The minimum atomic E-state index is -0.312. The number of esters is 2. The van der Waals surface area contributed by atoms with E-state index in [4.69, 9.17) is 9.47 Å². The lowest BCUT2D eigenvalue weighted by Crippen LogP contribution is -1.99. The summed E-state index contributed by atoms with van der Waals surface area (Å²) in [5, 5.41) is 0. The van der Waals surface area contributed by atoms with Gasteiger partial charge in [-0.15, -0.1) is 0 Å². The third-order valence-corrected chi connectivity index (χ3v) is 2.42. The smallest absolute Gasteiger partial charge is 0.330 e. The van der Waals surface area contributed by atoms with E-state index in [1.54, 1.807) is 13.8 Å². The van der Waals surface area contributed by atoms with Crippen molar-refractivity contribution in [2.75, 3.05) is 13.2 Å². The molecular formula is C13H18O4. The molecule has 0 radical (unpaired) electrons. The molecular weight excluding hydrogens is 220 g/mol. The number of allylic oxidation sites excluding steroid dienone is 2. The van der Waals surface area contributed by atoms with Gasteiger partial charge in [0.25, 0.3) is 0 Å². The van der Waals surface area contributed by atoms with Gasteiger partial charge in [0.2, 0.25) is 0 Å². The SMILES string of the molecule is CCOC(=O)C=CC1CC1C=CC(=O)OCC. The van der Waals surface area contributed by atoms with Gasteiger partial charge < -0.3 is 9.47 Å². The first-order chi connectivity index (χ1) is 8.17. The highest BCUT2D eigenvalue weighted by Crippen LogP contribution is 2.40. The highest BCUT2D eigenvalue weighted by atomic mass is 16.5. The molecule has 2 unspecified atom stereocenters. The second-order valence-corrected chi connectivity index (χ2v) is 3.79. The van der Waals surface area contributed by atoms with E-state index in [0.29, 0.717) is 25.0 Å². The van der Waals surface area contributed by atoms with E-state index in [0.717, 1.165) is 6.42 Å². The predicted molar refractivity (Wildman–Crippen MR) is 63.1 cm³/mol. The van der Waals surface area contributed by atoms with Crippen LogP contribution in [0.25, 0.3) is 0 Å². The van der Waals surface area contributed by atoms with Crippen LogP contribution < -0.4 is 0 Å². The Morgan fingerprint density at radius 2 is 1.41 bits per heavy atom. The molecule has 1 aliphatic rings. The summed E-state index contributed by atoms with van der Waals surface area (Å²) in [6.45, 7) is 4.32. The molecule has 1 fully saturated rings. The Bertz CT molecular complexity index is 298. The quantitative estimate of drug-likeness (QED) is 0.523. The van der Waals surface area contributed by atoms with E-state index < -0.39 is 0 Å². The van der Waals surface area contributed by atoms with Crippen LogP contribution in [0.15, 0.2) is 24.3 Å². The molecule has 1 aliphatic carbocycles. The Morgan fingerprint density at radius 1 is 1.00 bits per heavy atom. The van der Waals surface area contributed by atoms with Gasteiger partial charge in [0, 0.05) is 12.2 Å². The highest BCUT2D eigenvalue weighted by molar-refractivity contribution is 5.82. The molecule has 17 heavy (non-hydrogen) atoms. The molecule has 94 valence electrons. The molecule has 1 saturated carbocycles. The van der Waals surface area contributed by atoms with E-state index in [9.17, 15) is 9.59 Å². The van der Waals surface area contributed by atoms with E-state index in [1.165, 1.54) is 12.2 Å². The number of ether oxygens (including phenoxy) is 2. The van der Waals surface area contributed by atoms with Crippen LogP contribution in [0.5, 0.6) is 0 Å². The van der Waals surface area contributed by atoms with E-state index in [2.05, 4.69) is 0 Å². The number of hydrogen-bond donors (Lipinski definition) is 0. The zero-order valence-corrected chi connectivity index (χ0v) is 10.2. The van der Waals surface area contributed by atoms with Crippen LogP contribution in [0.1, 0.15) is 20.3 Å². The lowest BCUT2D eigenvalue weighted by atomic mass is 10.2. The van der Waals surface area contributed by atoms with Gasteiger partial charge >= 0.3 is 11.9 Å². The summed E-state index contributed by atoms with van der Waals surface area (Å²) in [5.41, 5.74) is 0. The fraction of sp³-hybridized carbons (Fsp3) is 0.538. The van der Waals surface area contributed by atoms with Gasteiger partial charge in [-0.05, 0) is 32.1 Å². The van der Waals surface area contributed by atoms with Crippen molar-refractivity contribution in [3.8, 4) is 0 Å². The monoisotopic (exact) mass is 238 g/mol. The van der Waals surface area contributed by atoms with Crippen molar-refractivity contribution < 1.29 is 19.1 Å². The third kappa shape index (κ3) is 5.33. The Morgan fingerprint density at radius 3 is 1.76 bits per heavy atom. The second kappa shape index (κ2) is 6.89. The van der Waals surface area contributed by atoms with Gasteiger partial charge in [0.15, 0.2) is 0 Å². The van der Waals surface area contributed by atoms with Gasteiger partial charge in [-0.2, -0.15) is 0 Å². The average Bonchev–Trinajstić information content (AvgIpc) is 3.03. The van der Waals surface area contributed by atoms with Crippen molar-refractivity contribution in [2.24, 2.45) is 11.8 Å². The van der Waals surface area contributed by atoms with Crippen LogP contribution in [0.4, 0.5) is 0 Å². The highest BCUT2D eigenvalue weighted by Gasteiger charge is 2.32. The zero-order valence-electron chi connectivity index (χ0n) is 10.2. The molecule has 0 N–H and O–H groups in total. The van der Waals surface area contributed by atoms with Gasteiger partial charge in [-0.25, -0.2) is 9.59 Å². The van der Waals surface area contributed by atoms with Crippen molar-refractivity contribution in [2.45, 2.75) is 20.3 Å². The van der Waals surface area contributed by atoms with E-state index >= 15 is 0 Å². The average molecular weight is 238 g/mol. The summed E-state index contributed by atoms with van der Waals surface area (Å²) in [4.78, 5) is 22.1.